The molecule has 0 spiro atoms. The van der Waals surface area contributed by atoms with Crippen molar-refractivity contribution in [1.82, 2.24) is 19.7 Å². The molecule has 7 nitrogen and oxygen atoms in total. The number of fused-ring (bicyclic) bond motifs is 4. The van der Waals surface area contributed by atoms with Crippen molar-refractivity contribution in [3.05, 3.63) is 64.3 Å². The molecule has 2 amide bonds. The fourth-order valence-corrected chi connectivity index (χ4v) is 6.41. The number of hydrogen-bond acceptors (Lipinski definition) is 4. The Balaban J connectivity index is 1.34. The van der Waals surface area contributed by atoms with Crippen molar-refractivity contribution < 1.29 is 14.7 Å². The third-order valence-corrected chi connectivity index (χ3v) is 8.17. The molecule has 3 aliphatic heterocycles. The summed E-state index contributed by atoms with van der Waals surface area (Å²) in [6, 6.07) is 11.6. The van der Waals surface area contributed by atoms with Crippen molar-refractivity contribution >= 4 is 34.3 Å². The summed E-state index contributed by atoms with van der Waals surface area (Å²) in [4.78, 5) is 36.9. The summed E-state index contributed by atoms with van der Waals surface area (Å²) >= 11 is 6.34. The Labute approximate surface area is 215 Å². The van der Waals surface area contributed by atoms with Crippen molar-refractivity contribution in [2.24, 2.45) is 0 Å². The summed E-state index contributed by atoms with van der Waals surface area (Å²) in [5.41, 5.74) is 3.60. The predicted molar refractivity (Wildman–Crippen MR) is 139 cm³/mol. The molecule has 8 heteroatoms. The predicted octanol–water partition coefficient (Wildman–Crippen LogP) is 4.09. The van der Waals surface area contributed by atoms with Crippen molar-refractivity contribution in [3.8, 4) is 5.75 Å². The number of amides is 2. The summed E-state index contributed by atoms with van der Waals surface area (Å²) in [5, 5.41) is 11.8. The lowest BCUT2D eigenvalue weighted by atomic mass is 9.86. The van der Waals surface area contributed by atoms with E-state index in [9.17, 15) is 14.7 Å². The molecule has 0 bridgehead atoms. The molecule has 2 atom stereocenters. The van der Waals surface area contributed by atoms with Crippen LogP contribution in [0.3, 0.4) is 0 Å². The summed E-state index contributed by atoms with van der Waals surface area (Å²) in [7, 11) is 0. The maximum absolute atomic E-state index is 13.8. The van der Waals surface area contributed by atoms with Crippen LogP contribution < -0.4 is 0 Å². The number of carbonyl (C=O) groups is 2. The fraction of sp³-hybridized carbons (Fsp3) is 0.429. The third kappa shape index (κ3) is 4.14. The van der Waals surface area contributed by atoms with E-state index in [0.717, 1.165) is 53.8 Å². The van der Waals surface area contributed by atoms with E-state index in [1.165, 1.54) is 19.3 Å². The molecule has 2 saturated heterocycles. The van der Waals surface area contributed by atoms with E-state index < -0.39 is 12.1 Å². The van der Waals surface area contributed by atoms with E-state index in [0.29, 0.717) is 18.0 Å². The zero-order valence-electron chi connectivity index (χ0n) is 20.3. The van der Waals surface area contributed by atoms with Crippen molar-refractivity contribution in [2.45, 2.75) is 44.2 Å². The van der Waals surface area contributed by atoms with E-state index in [4.69, 9.17) is 11.6 Å². The van der Waals surface area contributed by atoms with Crippen LogP contribution >= 0.6 is 11.6 Å². The Bertz CT molecular complexity index is 1320. The first-order valence-corrected chi connectivity index (χ1v) is 13.3. The van der Waals surface area contributed by atoms with Gasteiger partial charge in [-0.15, -0.1) is 0 Å². The standard InChI is InChI=1S/C28H31ClN4O3/c29-19-8-9-23-21(15-19)22-16-24-28(36)32(13-5-12-31-10-2-1-3-11-31)17-25(35)33(24)27(26(22)30-23)18-6-4-7-20(34)14-18/h4,6-9,14-15,24,27,30,34H,1-3,5,10-13,16-17H2. The molecule has 1 aromatic heterocycles. The highest BCUT2D eigenvalue weighted by Crippen LogP contribution is 2.43. The van der Waals surface area contributed by atoms with Gasteiger partial charge in [0.05, 0.1) is 12.6 Å². The summed E-state index contributed by atoms with van der Waals surface area (Å²) in [5.74, 6) is 0.0686. The van der Waals surface area contributed by atoms with Gasteiger partial charge in [0.25, 0.3) is 0 Å². The van der Waals surface area contributed by atoms with Crippen molar-refractivity contribution in [1.29, 1.82) is 0 Å². The zero-order chi connectivity index (χ0) is 24.8. The molecule has 188 valence electrons. The third-order valence-electron chi connectivity index (χ3n) is 7.93. The second kappa shape index (κ2) is 9.45. The highest BCUT2D eigenvalue weighted by molar-refractivity contribution is 6.31. The van der Waals surface area contributed by atoms with Gasteiger partial charge in [0.2, 0.25) is 11.8 Å². The average Bonchev–Trinajstić information content (AvgIpc) is 3.24. The summed E-state index contributed by atoms with van der Waals surface area (Å²) in [6.07, 6.45) is 5.10. The summed E-state index contributed by atoms with van der Waals surface area (Å²) in [6.45, 7) is 3.89. The second-order valence-electron chi connectivity index (χ2n) is 10.2. The van der Waals surface area contributed by atoms with Gasteiger partial charge in [0.1, 0.15) is 11.8 Å². The molecule has 4 heterocycles. The molecule has 3 aliphatic rings. The first-order chi connectivity index (χ1) is 17.5. The molecule has 2 unspecified atom stereocenters. The lowest BCUT2D eigenvalue weighted by Crippen LogP contribution is -2.63. The maximum atomic E-state index is 13.8. The van der Waals surface area contributed by atoms with Crippen LogP contribution in [-0.2, 0) is 16.0 Å². The molecule has 3 aromatic rings. The van der Waals surface area contributed by atoms with Gasteiger partial charge in [0, 0.05) is 34.6 Å². The van der Waals surface area contributed by atoms with Crippen LogP contribution in [0.1, 0.15) is 48.5 Å². The Morgan fingerprint density at radius 2 is 1.86 bits per heavy atom. The van der Waals surface area contributed by atoms with Gasteiger partial charge in [-0.05, 0) is 80.4 Å². The number of H-pyrrole nitrogens is 1. The lowest BCUT2D eigenvalue weighted by molar-refractivity contribution is -0.158. The van der Waals surface area contributed by atoms with Crippen LogP contribution in [0, 0.1) is 0 Å². The second-order valence-corrected chi connectivity index (χ2v) is 10.7. The number of likely N-dealkylation sites (tertiary alicyclic amines) is 1. The molecule has 2 fully saturated rings. The highest BCUT2D eigenvalue weighted by Gasteiger charge is 2.48. The van der Waals surface area contributed by atoms with Crippen molar-refractivity contribution in [2.75, 3.05) is 32.7 Å². The number of phenolic OH excluding ortho intramolecular Hbond substituents is 1. The topological polar surface area (TPSA) is 79.9 Å². The Morgan fingerprint density at radius 1 is 1.03 bits per heavy atom. The van der Waals surface area contributed by atoms with E-state index in [-0.39, 0.29) is 24.1 Å². The number of piperazine rings is 1. The quantitative estimate of drug-likeness (QED) is 0.546. The number of nitrogens with zero attached hydrogens (tertiary/aromatic N) is 3. The number of hydrogen-bond donors (Lipinski definition) is 2. The number of aromatic nitrogens is 1. The molecule has 2 N–H and O–H groups in total. The van der Waals surface area contributed by atoms with Gasteiger partial charge >= 0.3 is 0 Å². The van der Waals surface area contributed by atoms with Crippen LogP contribution in [0.2, 0.25) is 5.02 Å². The molecule has 0 saturated carbocycles. The van der Waals surface area contributed by atoms with Gasteiger partial charge < -0.3 is 24.8 Å². The Hall–Kier alpha value is -3.03. The molecule has 6 rings (SSSR count). The van der Waals surface area contributed by atoms with Gasteiger partial charge in [0.15, 0.2) is 0 Å². The van der Waals surface area contributed by atoms with Crippen LogP contribution in [0.5, 0.6) is 5.75 Å². The number of phenols is 1. The first-order valence-electron chi connectivity index (χ1n) is 12.9. The minimum atomic E-state index is -0.584. The van der Waals surface area contributed by atoms with Gasteiger partial charge in [-0.1, -0.05) is 30.2 Å². The van der Waals surface area contributed by atoms with E-state index in [1.54, 1.807) is 28.0 Å². The van der Waals surface area contributed by atoms with Gasteiger partial charge in [-0.25, -0.2) is 0 Å². The lowest BCUT2D eigenvalue weighted by Gasteiger charge is -2.47. The number of carbonyl (C=O) groups excluding carboxylic acids is 2. The number of piperidine rings is 1. The van der Waals surface area contributed by atoms with Crippen LogP contribution in [-0.4, -0.2) is 75.4 Å². The normalized spacial score (nSPS) is 22.7. The first kappa shape index (κ1) is 23.4. The Kier molecular flexibility index (Phi) is 6.13. The van der Waals surface area contributed by atoms with Crippen LogP contribution in [0.4, 0.5) is 0 Å². The SMILES string of the molecule is O=C1C2Cc3c([nH]c4ccc(Cl)cc34)C(c3cccc(O)c3)N2C(=O)CN1CCCN1CCCCC1. The number of rotatable bonds is 5. The van der Waals surface area contributed by atoms with Crippen molar-refractivity contribution in [3.63, 3.8) is 0 Å². The van der Waals surface area contributed by atoms with Gasteiger partial charge in [-0.2, -0.15) is 0 Å². The molecular formula is C28H31ClN4O3. The van der Waals surface area contributed by atoms with Crippen LogP contribution in [0.25, 0.3) is 10.9 Å². The van der Waals surface area contributed by atoms with E-state index in [2.05, 4.69) is 9.88 Å². The zero-order valence-corrected chi connectivity index (χ0v) is 21.0. The minimum Gasteiger partial charge on any atom is -0.508 e. The number of nitrogens with one attached hydrogen (secondary N) is 1. The number of aromatic hydroxyl groups is 1. The van der Waals surface area contributed by atoms with E-state index >= 15 is 0 Å². The largest absolute Gasteiger partial charge is 0.508 e. The van der Waals surface area contributed by atoms with Gasteiger partial charge in [-0.3, -0.25) is 9.59 Å². The molecule has 36 heavy (non-hydrogen) atoms. The minimum absolute atomic E-state index is 0.000394. The summed E-state index contributed by atoms with van der Waals surface area (Å²) < 4.78 is 0. The number of halogens is 1. The molecular weight excluding hydrogens is 476 g/mol. The average molecular weight is 507 g/mol. The monoisotopic (exact) mass is 506 g/mol. The molecule has 0 radical (unpaired) electrons. The smallest absolute Gasteiger partial charge is 0.246 e. The highest BCUT2D eigenvalue weighted by atomic mass is 35.5. The maximum Gasteiger partial charge on any atom is 0.246 e. The number of benzene rings is 2. The fourth-order valence-electron chi connectivity index (χ4n) is 6.24. The van der Waals surface area contributed by atoms with Crippen LogP contribution in [0.15, 0.2) is 42.5 Å². The Morgan fingerprint density at radius 3 is 2.67 bits per heavy atom. The molecule has 2 aromatic carbocycles. The molecule has 0 aliphatic carbocycles. The van der Waals surface area contributed by atoms with E-state index in [1.807, 2.05) is 24.3 Å². The number of aromatic amines is 1.